The molecule has 5 heteroatoms. The van der Waals surface area contributed by atoms with Crippen LogP contribution in [0.2, 0.25) is 5.02 Å². The predicted molar refractivity (Wildman–Crippen MR) is 99.3 cm³/mol. The molecule has 1 aromatic rings. The van der Waals surface area contributed by atoms with Crippen molar-refractivity contribution >= 4 is 23.3 Å². The van der Waals surface area contributed by atoms with E-state index in [1.165, 1.54) is 0 Å². The Hall–Kier alpha value is -1.39. The Morgan fingerprint density at radius 2 is 1.96 bits per heavy atom. The molecule has 0 saturated heterocycles. The molecule has 134 valence electrons. The van der Waals surface area contributed by atoms with Crippen molar-refractivity contribution < 1.29 is 9.59 Å². The maximum Gasteiger partial charge on any atom is 0.227 e. The summed E-state index contributed by atoms with van der Waals surface area (Å²) in [6.45, 7) is 6.24. The second-order valence-corrected chi connectivity index (χ2v) is 7.23. The Bertz CT molecular complexity index is 560. The van der Waals surface area contributed by atoms with Crippen molar-refractivity contribution in [3.63, 3.8) is 0 Å². The number of likely N-dealkylation sites (N-methyl/N-ethyl adjacent to an activating group) is 1. The van der Waals surface area contributed by atoms with Gasteiger partial charge in [0.25, 0.3) is 0 Å². The van der Waals surface area contributed by atoms with Crippen LogP contribution < -0.4 is 5.32 Å². The molecule has 0 unspecified atom stereocenters. The average Bonchev–Trinajstić information content (AvgIpc) is 2.50. The summed E-state index contributed by atoms with van der Waals surface area (Å²) in [5, 5.41) is 3.75. The molecule has 0 aliphatic rings. The van der Waals surface area contributed by atoms with Gasteiger partial charge >= 0.3 is 0 Å². The van der Waals surface area contributed by atoms with E-state index in [2.05, 4.69) is 19.2 Å². The van der Waals surface area contributed by atoms with E-state index < -0.39 is 0 Å². The molecule has 0 radical (unpaired) electrons. The van der Waals surface area contributed by atoms with Gasteiger partial charge in [0, 0.05) is 18.6 Å². The van der Waals surface area contributed by atoms with Crippen molar-refractivity contribution in [2.75, 3.05) is 20.6 Å². The van der Waals surface area contributed by atoms with Crippen molar-refractivity contribution in [1.29, 1.82) is 0 Å². The van der Waals surface area contributed by atoms with E-state index >= 15 is 0 Å². The number of ketones is 1. The van der Waals surface area contributed by atoms with E-state index in [0.29, 0.717) is 30.3 Å². The maximum absolute atomic E-state index is 13.0. The van der Waals surface area contributed by atoms with Gasteiger partial charge < -0.3 is 10.2 Å². The van der Waals surface area contributed by atoms with Crippen molar-refractivity contribution in [2.24, 2.45) is 11.8 Å². The summed E-state index contributed by atoms with van der Waals surface area (Å²) < 4.78 is 0. The molecule has 1 N–H and O–H groups in total. The van der Waals surface area contributed by atoms with Crippen molar-refractivity contribution in [3.05, 3.63) is 34.9 Å². The third-order valence-electron chi connectivity index (χ3n) is 4.15. The van der Waals surface area contributed by atoms with E-state index in [0.717, 1.165) is 5.56 Å². The predicted octanol–water partition coefficient (Wildman–Crippen LogP) is 3.18. The zero-order valence-electron chi connectivity index (χ0n) is 15.3. The summed E-state index contributed by atoms with van der Waals surface area (Å²) in [5.41, 5.74) is 1.02. The maximum atomic E-state index is 13.0. The number of nitrogens with zero attached hydrogens (tertiary/aromatic N) is 1. The fourth-order valence-electron chi connectivity index (χ4n) is 2.93. The molecule has 1 amide bonds. The number of rotatable bonds is 9. The quantitative estimate of drug-likeness (QED) is 0.742. The van der Waals surface area contributed by atoms with Crippen LogP contribution in [-0.4, -0.2) is 43.3 Å². The Kier molecular flexibility index (Phi) is 8.43. The number of benzene rings is 1. The molecule has 0 aromatic heterocycles. The van der Waals surface area contributed by atoms with Crippen LogP contribution in [0.25, 0.3) is 0 Å². The highest BCUT2D eigenvalue weighted by molar-refractivity contribution is 6.30. The van der Waals surface area contributed by atoms with Gasteiger partial charge in [-0.3, -0.25) is 9.59 Å². The minimum absolute atomic E-state index is 0.00910. The monoisotopic (exact) mass is 352 g/mol. The van der Waals surface area contributed by atoms with E-state index in [1.54, 1.807) is 18.9 Å². The lowest BCUT2D eigenvalue weighted by Gasteiger charge is -2.31. The van der Waals surface area contributed by atoms with Gasteiger partial charge in [-0.2, -0.15) is 0 Å². The Labute approximate surface area is 150 Å². The molecule has 1 rings (SSSR count). The molecular weight excluding hydrogens is 324 g/mol. The highest BCUT2D eigenvalue weighted by atomic mass is 35.5. The number of carbonyl (C=O) groups excluding carboxylic acids is 2. The lowest BCUT2D eigenvalue weighted by Crippen LogP contribution is -2.47. The first-order valence-electron chi connectivity index (χ1n) is 8.42. The van der Waals surface area contributed by atoms with Crippen LogP contribution in [0.15, 0.2) is 24.3 Å². The Balaban J connectivity index is 2.92. The van der Waals surface area contributed by atoms with Gasteiger partial charge in [0.2, 0.25) is 5.91 Å². The summed E-state index contributed by atoms with van der Waals surface area (Å²) in [6.07, 6.45) is 1.28. The number of carbonyl (C=O) groups is 2. The van der Waals surface area contributed by atoms with Crippen LogP contribution in [0.1, 0.15) is 32.8 Å². The third kappa shape index (κ3) is 6.25. The second-order valence-electron chi connectivity index (χ2n) is 6.79. The molecule has 0 spiro atoms. The SMILES string of the molecule is CNC[C@@H](Cc1cccc(Cl)c1)C(=O)N(C)[C@@H](CC(C)C)C(C)=O. The van der Waals surface area contributed by atoms with Gasteiger partial charge in [0.05, 0.1) is 12.0 Å². The van der Waals surface area contributed by atoms with Crippen LogP contribution in [0, 0.1) is 11.8 Å². The van der Waals surface area contributed by atoms with Crippen LogP contribution in [0.4, 0.5) is 0 Å². The molecule has 0 saturated carbocycles. The third-order valence-corrected chi connectivity index (χ3v) is 4.39. The smallest absolute Gasteiger partial charge is 0.227 e. The van der Waals surface area contributed by atoms with Gasteiger partial charge in [-0.1, -0.05) is 37.6 Å². The number of amides is 1. The zero-order chi connectivity index (χ0) is 18.3. The zero-order valence-corrected chi connectivity index (χ0v) is 16.1. The fraction of sp³-hybridized carbons (Fsp3) is 0.579. The molecule has 0 aliphatic heterocycles. The Morgan fingerprint density at radius 1 is 1.29 bits per heavy atom. The summed E-state index contributed by atoms with van der Waals surface area (Å²) in [4.78, 5) is 26.6. The highest BCUT2D eigenvalue weighted by Gasteiger charge is 2.29. The van der Waals surface area contributed by atoms with Gasteiger partial charge in [0.1, 0.15) is 0 Å². The number of nitrogens with one attached hydrogen (secondary N) is 1. The van der Waals surface area contributed by atoms with E-state index in [4.69, 9.17) is 11.6 Å². The molecule has 4 nitrogen and oxygen atoms in total. The molecule has 0 bridgehead atoms. The standard InChI is InChI=1S/C19H29ClN2O2/c1-13(2)9-18(14(3)23)22(5)19(24)16(12-21-4)10-15-7-6-8-17(20)11-15/h6-8,11,13,16,18,21H,9-10,12H2,1-5H3/t16-,18+/m1/s1. The van der Waals surface area contributed by atoms with Gasteiger partial charge in [-0.15, -0.1) is 0 Å². The minimum Gasteiger partial charge on any atom is -0.335 e. The minimum atomic E-state index is -0.365. The number of hydrogen-bond acceptors (Lipinski definition) is 3. The lowest BCUT2D eigenvalue weighted by atomic mass is 9.94. The Morgan fingerprint density at radius 3 is 2.46 bits per heavy atom. The average molecular weight is 353 g/mol. The lowest BCUT2D eigenvalue weighted by molar-refractivity contribution is -0.141. The first-order chi connectivity index (χ1) is 11.3. The molecule has 24 heavy (non-hydrogen) atoms. The second kappa shape index (κ2) is 9.80. The molecular formula is C19H29ClN2O2. The van der Waals surface area contributed by atoms with Crippen LogP contribution >= 0.6 is 11.6 Å². The fourth-order valence-corrected chi connectivity index (χ4v) is 3.14. The molecule has 2 atom stereocenters. The molecule has 0 heterocycles. The van der Waals surface area contributed by atoms with Crippen LogP contribution in [-0.2, 0) is 16.0 Å². The van der Waals surface area contributed by atoms with Crippen LogP contribution in [0.3, 0.4) is 0 Å². The molecule has 0 fully saturated rings. The summed E-state index contributed by atoms with van der Waals surface area (Å²) >= 11 is 6.04. The topological polar surface area (TPSA) is 49.4 Å². The number of Topliss-reactive ketones (excluding diaryl/α,β-unsaturated/α-hetero) is 1. The highest BCUT2D eigenvalue weighted by Crippen LogP contribution is 2.19. The van der Waals surface area contributed by atoms with Gasteiger partial charge in [-0.25, -0.2) is 0 Å². The van der Waals surface area contributed by atoms with Gasteiger partial charge in [-0.05, 0) is 50.4 Å². The summed E-state index contributed by atoms with van der Waals surface area (Å²) in [6, 6.07) is 7.20. The van der Waals surface area contributed by atoms with Gasteiger partial charge in [0.15, 0.2) is 5.78 Å². The van der Waals surface area contributed by atoms with E-state index in [-0.39, 0.29) is 23.7 Å². The van der Waals surface area contributed by atoms with Crippen molar-refractivity contribution in [1.82, 2.24) is 10.2 Å². The summed E-state index contributed by atoms with van der Waals surface area (Å²) in [7, 11) is 3.56. The normalized spacial score (nSPS) is 13.6. The summed E-state index contributed by atoms with van der Waals surface area (Å²) in [5.74, 6) is 0.146. The number of hydrogen-bond donors (Lipinski definition) is 1. The van der Waals surface area contributed by atoms with E-state index in [9.17, 15) is 9.59 Å². The van der Waals surface area contributed by atoms with Crippen LogP contribution in [0.5, 0.6) is 0 Å². The largest absolute Gasteiger partial charge is 0.335 e. The number of halogens is 1. The van der Waals surface area contributed by atoms with Crippen molar-refractivity contribution in [2.45, 2.75) is 39.7 Å². The molecule has 0 aliphatic carbocycles. The first-order valence-corrected chi connectivity index (χ1v) is 8.80. The van der Waals surface area contributed by atoms with E-state index in [1.807, 2.05) is 31.3 Å². The first kappa shape index (κ1) is 20.7. The molecule has 1 aromatic carbocycles. The van der Waals surface area contributed by atoms with Crippen molar-refractivity contribution in [3.8, 4) is 0 Å².